The molecule has 4 heterocycles. The van der Waals surface area contributed by atoms with Gasteiger partial charge in [-0.25, -0.2) is 9.78 Å². The van der Waals surface area contributed by atoms with E-state index in [2.05, 4.69) is 20.6 Å². The SMILES string of the molecule is CCNc1nc2[nH+]c3ccc(C)cn3c(=O)c2cc1C(=O)NCC[NH+]1CCOCC1. The van der Waals surface area contributed by atoms with E-state index in [1.165, 1.54) is 4.90 Å². The molecule has 1 saturated heterocycles. The predicted molar refractivity (Wildman–Crippen MR) is 113 cm³/mol. The van der Waals surface area contributed by atoms with Crippen molar-refractivity contribution in [3.63, 3.8) is 0 Å². The number of H-pyrrole nitrogens is 1. The number of rotatable bonds is 6. The number of pyridine rings is 2. The summed E-state index contributed by atoms with van der Waals surface area (Å²) in [7, 11) is 0. The molecule has 0 aliphatic carbocycles. The van der Waals surface area contributed by atoms with Crippen molar-refractivity contribution in [2.24, 2.45) is 0 Å². The van der Waals surface area contributed by atoms with Crippen LogP contribution in [0.25, 0.3) is 16.7 Å². The lowest BCUT2D eigenvalue weighted by molar-refractivity contribution is -0.906. The summed E-state index contributed by atoms with van der Waals surface area (Å²) in [6.07, 6.45) is 1.77. The van der Waals surface area contributed by atoms with Crippen molar-refractivity contribution in [3.05, 3.63) is 45.9 Å². The third-order valence-corrected chi connectivity index (χ3v) is 5.37. The second-order valence-corrected chi connectivity index (χ2v) is 7.57. The number of nitrogens with one attached hydrogen (secondary N) is 4. The molecule has 158 valence electrons. The Kier molecular flexibility index (Phi) is 5.91. The normalized spacial score (nSPS) is 14.9. The molecule has 3 aromatic rings. The van der Waals surface area contributed by atoms with Gasteiger partial charge in [0.15, 0.2) is 0 Å². The van der Waals surface area contributed by atoms with Gasteiger partial charge < -0.3 is 20.3 Å². The number of hydrogen-bond donors (Lipinski definition) is 3. The summed E-state index contributed by atoms with van der Waals surface area (Å²) in [5, 5.41) is 6.50. The highest BCUT2D eigenvalue weighted by molar-refractivity contribution is 6.01. The lowest BCUT2D eigenvalue weighted by Crippen LogP contribution is -3.14. The summed E-state index contributed by atoms with van der Waals surface area (Å²) in [5.41, 5.74) is 2.25. The Bertz CT molecular complexity index is 1140. The lowest BCUT2D eigenvalue weighted by Gasteiger charge is -2.23. The minimum absolute atomic E-state index is 0.204. The molecular weight excluding hydrogens is 384 g/mol. The first kappa shape index (κ1) is 20.2. The average Bonchev–Trinajstić information content (AvgIpc) is 2.75. The molecule has 1 aliphatic heterocycles. The second-order valence-electron chi connectivity index (χ2n) is 7.57. The van der Waals surface area contributed by atoms with Gasteiger partial charge >= 0.3 is 5.56 Å². The van der Waals surface area contributed by atoms with Gasteiger partial charge in [0.2, 0.25) is 11.5 Å². The first-order valence-electron chi connectivity index (χ1n) is 10.4. The van der Waals surface area contributed by atoms with Gasteiger partial charge in [0.25, 0.3) is 11.6 Å². The van der Waals surface area contributed by atoms with Gasteiger partial charge in [-0.3, -0.25) is 4.79 Å². The van der Waals surface area contributed by atoms with Crippen molar-refractivity contribution in [2.75, 3.05) is 51.3 Å². The maximum atomic E-state index is 13.0. The van der Waals surface area contributed by atoms with Crippen LogP contribution in [-0.4, -0.2) is 61.2 Å². The number of aromatic amines is 1. The smallest absolute Gasteiger partial charge is 0.325 e. The lowest BCUT2D eigenvalue weighted by atomic mass is 10.2. The second kappa shape index (κ2) is 8.76. The molecule has 0 aromatic carbocycles. The summed E-state index contributed by atoms with van der Waals surface area (Å²) in [6, 6.07) is 5.41. The molecule has 0 radical (unpaired) electrons. The number of quaternary nitrogens is 1. The molecule has 1 amide bonds. The quantitative estimate of drug-likeness (QED) is 0.453. The molecule has 0 saturated carbocycles. The van der Waals surface area contributed by atoms with Gasteiger partial charge in [0.05, 0.1) is 32.5 Å². The molecule has 1 aliphatic rings. The van der Waals surface area contributed by atoms with Crippen molar-refractivity contribution >= 4 is 28.4 Å². The predicted octanol–water partition coefficient (Wildman–Crippen LogP) is -0.953. The van der Waals surface area contributed by atoms with E-state index in [1.807, 2.05) is 26.0 Å². The number of morpholine rings is 1. The highest BCUT2D eigenvalue weighted by Gasteiger charge is 2.22. The van der Waals surface area contributed by atoms with Gasteiger partial charge in [0, 0.05) is 12.6 Å². The Morgan fingerprint density at radius 2 is 2.13 bits per heavy atom. The largest absolute Gasteiger partial charge is 0.370 e. The Morgan fingerprint density at radius 3 is 2.90 bits per heavy atom. The standard InChI is InChI=1S/C21H26N6O3/c1-3-22-18-15(20(28)23-6-7-26-8-10-30-11-9-26)12-16-19(25-18)24-17-5-4-14(2)13-27(17)21(16)29/h4-5,12-13H,3,6-11H2,1-2H3,(H,22,25)(H,23,28)/p+2. The fourth-order valence-corrected chi connectivity index (χ4v) is 3.73. The highest BCUT2D eigenvalue weighted by atomic mass is 16.5. The van der Waals surface area contributed by atoms with Crippen LogP contribution >= 0.6 is 0 Å². The van der Waals surface area contributed by atoms with Crippen LogP contribution in [0, 0.1) is 6.92 Å². The molecule has 0 atom stereocenters. The zero-order valence-electron chi connectivity index (χ0n) is 17.4. The van der Waals surface area contributed by atoms with E-state index in [0.717, 1.165) is 38.4 Å². The van der Waals surface area contributed by atoms with Crippen molar-refractivity contribution in [1.82, 2.24) is 14.7 Å². The zero-order chi connectivity index (χ0) is 21.1. The van der Waals surface area contributed by atoms with E-state index < -0.39 is 0 Å². The molecule has 3 aromatic heterocycles. The van der Waals surface area contributed by atoms with Gasteiger partial charge in [-0.2, -0.15) is 4.40 Å². The van der Waals surface area contributed by atoms with Crippen LogP contribution in [0.5, 0.6) is 0 Å². The third kappa shape index (κ3) is 4.12. The molecular formula is C21H28N6O3+2. The number of carbonyl (C=O) groups excluding carboxylic acids is 1. The maximum Gasteiger partial charge on any atom is 0.325 e. The number of fused-ring (bicyclic) bond motifs is 2. The number of aromatic nitrogens is 3. The fraction of sp³-hybridized carbons (Fsp3) is 0.429. The first-order valence-corrected chi connectivity index (χ1v) is 10.4. The number of ether oxygens (including phenoxy) is 1. The third-order valence-electron chi connectivity index (χ3n) is 5.37. The van der Waals surface area contributed by atoms with Crippen LogP contribution < -0.4 is 26.1 Å². The molecule has 0 unspecified atom stereocenters. The average molecular weight is 412 g/mol. The number of amides is 1. The maximum absolute atomic E-state index is 13.0. The van der Waals surface area contributed by atoms with Crippen molar-refractivity contribution in [1.29, 1.82) is 0 Å². The Hall–Kier alpha value is -3.04. The Morgan fingerprint density at radius 1 is 1.33 bits per heavy atom. The van der Waals surface area contributed by atoms with E-state index in [-0.39, 0.29) is 11.5 Å². The van der Waals surface area contributed by atoms with E-state index in [0.29, 0.717) is 41.2 Å². The first-order chi connectivity index (χ1) is 14.6. The molecule has 9 nitrogen and oxygen atoms in total. The number of hydrogen-bond acceptors (Lipinski definition) is 5. The van der Waals surface area contributed by atoms with Crippen LogP contribution in [0.15, 0.2) is 29.2 Å². The van der Waals surface area contributed by atoms with Crippen LogP contribution in [0.4, 0.5) is 5.82 Å². The molecule has 4 rings (SSSR count). The summed E-state index contributed by atoms with van der Waals surface area (Å²) in [6.45, 7) is 9.31. The summed E-state index contributed by atoms with van der Waals surface area (Å²) < 4.78 is 6.92. The molecule has 1 fully saturated rings. The molecule has 0 spiro atoms. The summed E-state index contributed by atoms with van der Waals surface area (Å²) in [4.78, 5) is 35.1. The van der Waals surface area contributed by atoms with Gasteiger partial charge in [-0.15, -0.1) is 0 Å². The molecule has 0 bridgehead atoms. The van der Waals surface area contributed by atoms with Crippen LogP contribution in [0.3, 0.4) is 0 Å². The van der Waals surface area contributed by atoms with Crippen LogP contribution in [-0.2, 0) is 4.74 Å². The van der Waals surface area contributed by atoms with Gasteiger partial charge in [0.1, 0.15) is 24.0 Å². The van der Waals surface area contributed by atoms with E-state index in [4.69, 9.17) is 4.74 Å². The number of carbonyl (C=O) groups is 1. The summed E-state index contributed by atoms with van der Waals surface area (Å²) in [5.74, 6) is 0.232. The molecule has 4 N–H and O–H groups in total. The number of aryl methyl sites for hydroxylation is 1. The minimum atomic E-state index is -0.234. The van der Waals surface area contributed by atoms with Gasteiger partial charge in [-0.1, -0.05) is 4.98 Å². The van der Waals surface area contributed by atoms with Crippen molar-refractivity contribution in [3.8, 4) is 0 Å². The molecule has 30 heavy (non-hydrogen) atoms. The number of nitrogens with zero attached hydrogens (tertiary/aromatic N) is 2. The fourth-order valence-electron chi connectivity index (χ4n) is 3.73. The monoisotopic (exact) mass is 412 g/mol. The Labute approximate surface area is 174 Å². The zero-order valence-corrected chi connectivity index (χ0v) is 17.4. The van der Waals surface area contributed by atoms with E-state index in [1.54, 1.807) is 16.7 Å². The van der Waals surface area contributed by atoms with E-state index in [9.17, 15) is 9.59 Å². The molecule has 9 heteroatoms. The summed E-state index contributed by atoms with van der Waals surface area (Å²) >= 11 is 0. The van der Waals surface area contributed by atoms with Crippen LogP contribution in [0.2, 0.25) is 0 Å². The van der Waals surface area contributed by atoms with Crippen LogP contribution in [0.1, 0.15) is 22.8 Å². The van der Waals surface area contributed by atoms with Crippen molar-refractivity contribution in [2.45, 2.75) is 13.8 Å². The highest BCUT2D eigenvalue weighted by Crippen LogP contribution is 2.17. The van der Waals surface area contributed by atoms with E-state index >= 15 is 0 Å². The topological polar surface area (TPSA) is 103 Å². The minimum Gasteiger partial charge on any atom is -0.370 e. The Balaban J connectivity index is 1.65. The van der Waals surface area contributed by atoms with Crippen molar-refractivity contribution < 1.29 is 19.4 Å². The number of anilines is 1. The van der Waals surface area contributed by atoms with Gasteiger partial charge in [-0.05, 0) is 31.5 Å².